The van der Waals surface area contributed by atoms with Crippen LogP contribution in [0.25, 0.3) is 10.9 Å². The number of rotatable bonds is 3. The molecule has 1 heterocycles. The van der Waals surface area contributed by atoms with Crippen molar-refractivity contribution in [3.05, 3.63) is 37.3 Å². The lowest BCUT2D eigenvalue weighted by Crippen LogP contribution is -2.27. The maximum atomic E-state index is 12.4. The number of ether oxygens (including phenoxy) is 1. The molecule has 0 unspecified atom stereocenters. The van der Waals surface area contributed by atoms with Crippen LogP contribution in [0.1, 0.15) is 12.5 Å². The lowest BCUT2D eigenvalue weighted by molar-refractivity contribution is -0.143. The van der Waals surface area contributed by atoms with Crippen LogP contribution in [0.4, 0.5) is 0 Å². The number of aromatic nitrogens is 2. The van der Waals surface area contributed by atoms with Crippen molar-refractivity contribution in [1.29, 1.82) is 0 Å². The Kier molecular flexibility index (Phi) is 4.39. The highest BCUT2D eigenvalue weighted by Crippen LogP contribution is 2.20. The summed E-state index contributed by atoms with van der Waals surface area (Å²) in [7, 11) is 0. The number of carbonyl (C=O) groups excluding carboxylic acids is 1. The summed E-state index contributed by atoms with van der Waals surface area (Å²) in [4.78, 5) is 26.9. The second kappa shape index (κ2) is 5.88. The van der Waals surface area contributed by atoms with Gasteiger partial charge in [-0.05, 0) is 43.8 Å². The molecule has 0 atom stereocenters. The molecule has 1 N–H and O–H groups in total. The van der Waals surface area contributed by atoms with Gasteiger partial charge < -0.3 is 9.72 Å². The molecule has 106 valence electrons. The van der Waals surface area contributed by atoms with Crippen molar-refractivity contribution in [2.24, 2.45) is 0 Å². The topological polar surface area (TPSA) is 64.1 Å². The van der Waals surface area contributed by atoms with Crippen LogP contribution in [0.15, 0.2) is 21.4 Å². The second-order valence-corrected chi connectivity index (χ2v) is 5.51. The summed E-state index contributed by atoms with van der Waals surface area (Å²) >= 11 is 8.54. The number of esters is 1. The summed E-state index contributed by atoms with van der Waals surface area (Å²) < 4.78 is 7.14. The predicted molar refractivity (Wildman–Crippen MR) is 82.5 cm³/mol. The molecule has 0 aliphatic heterocycles. The molecule has 2 aromatic rings. The Bertz CT molecular complexity index is 795. The molecule has 0 fully saturated rings. The molecule has 0 radical (unpaired) electrons. The highest BCUT2D eigenvalue weighted by atomic mass is 79.9. The van der Waals surface area contributed by atoms with Gasteiger partial charge in [-0.15, -0.1) is 0 Å². The van der Waals surface area contributed by atoms with Gasteiger partial charge in [-0.2, -0.15) is 0 Å². The number of aromatic amines is 1. The van der Waals surface area contributed by atoms with Crippen molar-refractivity contribution in [2.75, 3.05) is 6.61 Å². The maximum absolute atomic E-state index is 12.4. The molecule has 0 saturated heterocycles. The number of benzene rings is 1. The maximum Gasteiger partial charge on any atom is 0.326 e. The highest BCUT2D eigenvalue weighted by Gasteiger charge is 2.11. The third-order valence-electron chi connectivity index (χ3n) is 2.85. The summed E-state index contributed by atoms with van der Waals surface area (Å²) in [5.74, 6) is -0.484. The molecule has 0 spiro atoms. The fourth-order valence-electron chi connectivity index (χ4n) is 1.86. The Labute approximate surface area is 128 Å². The van der Waals surface area contributed by atoms with Crippen molar-refractivity contribution in [3.63, 3.8) is 0 Å². The molecule has 7 heteroatoms. The van der Waals surface area contributed by atoms with Crippen LogP contribution in [0.3, 0.4) is 0 Å². The summed E-state index contributed by atoms with van der Waals surface area (Å²) in [5.41, 5.74) is 1.27. The molecular formula is C13H13BrN2O3S. The Morgan fingerprint density at radius 3 is 2.85 bits per heavy atom. The van der Waals surface area contributed by atoms with Gasteiger partial charge in [0.05, 0.1) is 17.5 Å². The van der Waals surface area contributed by atoms with E-state index in [0.717, 1.165) is 10.0 Å². The molecule has 5 nitrogen and oxygen atoms in total. The molecule has 0 aliphatic carbocycles. The van der Waals surface area contributed by atoms with E-state index in [1.165, 1.54) is 4.57 Å². The molecule has 0 aliphatic rings. The number of aryl methyl sites for hydroxylation is 1. The van der Waals surface area contributed by atoms with Gasteiger partial charge in [-0.1, -0.05) is 15.9 Å². The van der Waals surface area contributed by atoms with Gasteiger partial charge in [0.15, 0.2) is 4.77 Å². The molecule has 20 heavy (non-hydrogen) atoms. The fourth-order valence-corrected chi connectivity index (χ4v) is 2.46. The SMILES string of the molecule is CCOC(=O)Cn1c(=S)[nH]c2cc(Br)c(C)cc2c1=O. The van der Waals surface area contributed by atoms with Crippen molar-refractivity contribution in [1.82, 2.24) is 9.55 Å². The second-order valence-electron chi connectivity index (χ2n) is 4.27. The van der Waals surface area contributed by atoms with Crippen LogP contribution in [0.2, 0.25) is 0 Å². The Hall–Kier alpha value is -1.47. The first-order chi connectivity index (χ1) is 9.43. The lowest BCUT2D eigenvalue weighted by atomic mass is 10.2. The Balaban J connectivity index is 2.63. The van der Waals surface area contributed by atoms with E-state index in [4.69, 9.17) is 17.0 Å². The number of H-pyrrole nitrogens is 1. The van der Waals surface area contributed by atoms with Crippen LogP contribution < -0.4 is 5.56 Å². The molecule has 0 amide bonds. The van der Waals surface area contributed by atoms with Gasteiger partial charge in [0.1, 0.15) is 6.54 Å². The van der Waals surface area contributed by atoms with Crippen molar-refractivity contribution < 1.29 is 9.53 Å². The lowest BCUT2D eigenvalue weighted by Gasteiger charge is -2.08. The molecule has 2 rings (SSSR count). The summed E-state index contributed by atoms with van der Waals surface area (Å²) in [6.07, 6.45) is 0. The minimum Gasteiger partial charge on any atom is -0.465 e. The van der Waals surface area contributed by atoms with Crippen LogP contribution >= 0.6 is 28.1 Å². The zero-order chi connectivity index (χ0) is 14.9. The summed E-state index contributed by atoms with van der Waals surface area (Å²) in [5, 5.41) is 0.489. The number of hydrogen-bond donors (Lipinski definition) is 1. The first-order valence-corrected chi connectivity index (χ1v) is 7.22. The van der Waals surface area contributed by atoms with Crippen molar-refractivity contribution in [3.8, 4) is 0 Å². The average Bonchev–Trinajstić information content (AvgIpc) is 2.38. The van der Waals surface area contributed by atoms with E-state index >= 15 is 0 Å². The first kappa shape index (κ1) is 14.9. The minimum atomic E-state index is -0.484. The van der Waals surface area contributed by atoms with E-state index < -0.39 is 5.97 Å². The average molecular weight is 357 g/mol. The molecule has 1 aromatic carbocycles. The summed E-state index contributed by atoms with van der Waals surface area (Å²) in [6.45, 7) is 3.68. The smallest absolute Gasteiger partial charge is 0.326 e. The third kappa shape index (κ3) is 2.83. The van der Waals surface area contributed by atoms with Crippen LogP contribution in [-0.4, -0.2) is 22.1 Å². The number of nitrogens with zero attached hydrogens (tertiary/aromatic N) is 1. The van der Waals surface area contributed by atoms with E-state index in [1.54, 1.807) is 19.1 Å². The van der Waals surface area contributed by atoms with Gasteiger partial charge in [0.2, 0.25) is 0 Å². The van der Waals surface area contributed by atoms with E-state index in [-0.39, 0.29) is 23.5 Å². The van der Waals surface area contributed by atoms with Gasteiger partial charge in [-0.3, -0.25) is 14.2 Å². The number of hydrogen-bond acceptors (Lipinski definition) is 4. The summed E-state index contributed by atoms with van der Waals surface area (Å²) in [6, 6.07) is 3.56. The van der Waals surface area contributed by atoms with Crippen LogP contribution in [0, 0.1) is 11.7 Å². The monoisotopic (exact) mass is 356 g/mol. The van der Waals surface area contributed by atoms with Crippen LogP contribution in [-0.2, 0) is 16.1 Å². The van der Waals surface area contributed by atoms with Crippen molar-refractivity contribution in [2.45, 2.75) is 20.4 Å². The quantitative estimate of drug-likeness (QED) is 0.678. The number of fused-ring (bicyclic) bond motifs is 1. The van der Waals surface area contributed by atoms with E-state index in [9.17, 15) is 9.59 Å². The molecule has 0 bridgehead atoms. The fraction of sp³-hybridized carbons (Fsp3) is 0.308. The highest BCUT2D eigenvalue weighted by molar-refractivity contribution is 9.10. The van der Waals surface area contributed by atoms with Crippen molar-refractivity contribution >= 4 is 45.0 Å². The molecule has 0 saturated carbocycles. The standard InChI is InChI=1S/C13H13BrN2O3S/c1-3-19-11(17)6-16-12(18)8-4-7(2)9(14)5-10(8)15-13(16)20/h4-5H,3,6H2,1-2H3,(H,15,20). The zero-order valence-electron chi connectivity index (χ0n) is 11.0. The predicted octanol–water partition coefficient (Wildman–Crippen LogP) is 2.69. The Morgan fingerprint density at radius 2 is 2.20 bits per heavy atom. The van der Waals surface area contributed by atoms with E-state index in [1.807, 2.05) is 6.92 Å². The largest absolute Gasteiger partial charge is 0.465 e. The normalized spacial score (nSPS) is 10.8. The van der Waals surface area contributed by atoms with Gasteiger partial charge in [-0.25, -0.2) is 0 Å². The van der Waals surface area contributed by atoms with Crippen LogP contribution in [0.5, 0.6) is 0 Å². The zero-order valence-corrected chi connectivity index (χ0v) is 13.4. The third-order valence-corrected chi connectivity index (χ3v) is 4.03. The molecule has 1 aromatic heterocycles. The van der Waals surface area contributed by atoms with E-state index in [2.05, 4.69) is 20.9 Å². The van der Waals surface area contributed by atoms with E-state index in [0.29, 0.717) is 10.9 Å². The van der Waals surface area contributed by atoms with Gasteiger partial charge in [0, 0.05) is 4.47 Å². The number of carbonyl (C=O) groups is 1. The van der Waals surface area contributed by atoms with Gasteiger partial charge in [0.25, 0.3) is 5.56 Å². The Morgan fingerprint density at radius 1 is 1.50 bits per heavy atom. The number of halogens is 1. The minimum absolute atomic E-state index is 0.187. The number of nitrogens with one attached hydrogen (secondary N) is 1. The molecular weight excluding hydrogens is 344 g/mol. The first-order valence-electron chi connectivity index (χ1n) is 6.02. The van der Waals surface area contributed by atoms with Gasteiger partial charge >= 0.3 is 5.97 Å².